The fourth-order valence-corrected chi connectivity index (χ4v) is 4.02. The van der Waals surface area contributed by atoms with Gasteiger partial charge in [0.2, 0.25) is 0 Å². The summed E-state index contributed by atoms with van der Waals surface area (Å²) in [5, 5.41) is 0. The normalized spacial score (nSPS) is 13.4. The van der Waals surface area contributed by atoms with Gasteiger partial charge in [-0.2, -0.15) is 0 Å². The number of hydrogen-bond donors (Lipinski definition) is 0. The van der Waals surface area contributed by atoms with E-state index in [0.29, 0.717) is 0 Å². The van der Waals surface area contributed by atoms with E-state index < -0.39 is 0 Å². The minimum absolute atomic E-state index is 0.846. The maximum Gasteiger partial charge on any atom is 0.162 e. The molecule has 0 atom stereocenters. The summed E-state index contributed by atoms with van der Waals surface area (Å²) in [4.78, 5) is 14.6. The van der Waals surface area contributed by atoms with Crippen molar-refractivity contribution in [3.63, 3.8) is 0 Å². The quantitative estimate of drug-likeness (QED) is 0.667. The Kier molecular flexibility index (Phi) is 4.80. The Morgan fingerprint density at radius 2 is 1.57 bits per heavy atom. The van der Waals surface area contributed by atoms with Gasteiger partial charge in [0.25, 0.3) is 0 Å². The summed E-state index contributed by atoms with van der Waals surface area (Å²) in [6.07, 6.45) is 0.935. The zero-order chi connectivity index (χ0) is 19.8. The van der Waals surface area contributed by atoms with Gasteiger partial charge in [0.05, 0.1) is 5.69 Å². The van der Waals surface area contributed by atoms with Crippen molar-refractivity contribution in [2.24, 2.45) is 0 Å². The Morgan fingerprint density at radius 3 is 2.21 bits per heavy atom. The largest absolute Gasteiger partial charge is 0.367 e. The first-order chi connectivity index (χ1) is 13.4. The number of nitrogens with zero attached hydrogens (tertiary/aromatic N) is 4. The van der Waals surface area contributed by atoms with E-state index in [1.54, 1.807) is 0 Å². The SMILES string of the molecule is Cc1ccc(N2CCc3nc(-c4c(C)cccc4C)nc(N(C)C)c3C2)cc1. The van der Waals surface area contributed by atoms with Gasteiger partial charge < -0.3 is 9.80 Å². The highest BCUT2D eigenvalue weighted by atomic mass is 15.2. The molecule has 4 nitrogen and oxygen atoms in total. The van der Waals surface area contributed by atoms with E-state index in [1.165, 1.54) is 33.6 Å². The molecule has 0 N–H and O–H groups in total. The van der Waals surface area contributed by atoms with Crippen molar-refractivity contribution in [3.05, 3.63) is 70.4 Å². The van der Waals surface area contributed by atoms with Gasteiger partial charge in [0, 0.05) is 50.4 Å². The number of benzene rings is 2. The van der Waals surface area contributed by atoms with Crippen LogP contribution in [0.3, 0.4) is 0 Å². The minimum atomic E-state index is 0.846. The third-order valence-corrected chi connectivity index (χ3v) is 5.57. The molecule has 144 valence electrons. The van der Waals surface area contributed by atoms with Gasteiger partial charge in [-0.1, -0.05) is 35.9 Å². The van der Waals surface area contributed by atoms with Crippen molar-refractivity contribution in [3.8, 4) is 11.4 Å². The lowest BCUT2D eigenvalue weighted by molar-refractivity contribution is 0.704. The molecule has 0 saturated carbocycles. The van der Waals surface area contributed by atoms with Crippen LogP contribution >= 0.6 is 0 Å². The van der Waals surface area contributed by atoms with Crippen LogP contribution in [0, 0.1) is 20.8 Å². The minimum Gasteiger partial charge on any atom is -0.367 e. The lowest BCUT2D eigenvalue weighted by atomic mass is 10.0. The van der Waals surface area contributed by atoms with Crippen LogP contribution in [0.25, 0.3) is 11.4 Å². The van der Waals surface area contributed by atoms with Gasteiger partial charge in [0.15, 0.2) is 5.82 Å². The molecule has 0 unspecified atom stereocenters. The fraction of sp³-hybridized carbons (Fsp3) is 0.333. The smallest absolute Gasteiger partial charge is 0.162 e. The number of anilines is 2. The van der Waals surface area contributed by atoms with Crippen molar-refractivity contribution in [1.29, 1.82) is 0 Å². The molecule has 0 bridgehead atoms. The highest BCUT2D eigenvalue weighted by Crippen LogP contribution is 2.32. The molecule has 2 heterocycles. The van der Waals surface area contributed by atoms with Crippen LogP contribution in [-0.2, 0) is 13.0 Å². The Hall–Kier alpha value is -2.88. The molecule has 1 aromatic heterocycles. The number of hydrogen-bond acceptors (Lipinski definition) is 4. The first-order valence-corrected chi connectivity index (χ1v) is 9.89. The molecule has 1 aliphatic heterocycles. The summed E-state index contributed by atoms with van der Waals surface area (Å²) in [6, 6.07) is 15.2. The van der Waals surface area contributed by atoms with Crippen LogP contribution < -0.4 is 9.80 Å². The van der Waals surface area contributed by atoms with E-state index in [1.807, 2.05) is 0 Å². The Balaban J connectivity index is 1.78. The first kappa shape index (κ1) is 18.5. The average Bonchev–Trinajstić information content (AvgIpc) is 2.67. The molecule has 4 heteroatoms. The van der Waals surface area contributed by atoms with E-state index >= 15 is 0 Å². The molecule has 0 fully saturated rings. The molecular weight excluding hydrogens is 344 g/mol. The summed E-state index contributed by atoms with van der Waals surface area (Å²) in [5.74, 6) is 1.88. The lowest BCUT2D eigenvalue weighted by Gasteiger charge is -2.32. The molecular formula is C24H28N4. The van der Waals surface area contributed by atoms with Gasteiger partial charge in [-0.15, -0.1) is 0 Å². The first-order valence-electron chi connectivity index (χ1n) is 9.89. The number of aromatic nitrogens is 2. The zero-order valence-electron chi connectivity index (χ0n) is 17.5. The van der Waals surface area contributed by atoms with Gasteiger partial charge in [-0.25, -0.2) is 9.97 Å². The molecule has 0 radical (unpaired) electrons. The topological polar surface area (TPSA) is 32.3 Å². The predicted molar refractivity (Wildman–Crippen MR) is 117 cm³/mol. The average molecular weight is 373 g/mol. The lowest BCUT2D eigenvalue weighted by Crippen LogP contribution is -2.33. The van der Waals surface area contributed by atoms with Crippen molar-refractivity contribution >= 4 is 11.5 Å². The van der Waals surface area contributed by atoms with Gasteiger partial charge in [-0.05, 0) is 44.0 Å². The highest BCUT2D eigenvalue weighted by molar-refractivity contribution is 5.68. The zero-order valence-corrected chi connectivity index (χ0v) is 17.5. The van der Waals surface area contributed by atoms with Crippen molar-refractivity contribution < 1.29 is 0 Å². The molecule has 28 heavy (non-hydrogen) atoms. The third kappa shape index (κ3) is 3.35. The van der Waals surface area contributed by atoms with Crippen LogP contribution in [0.2, 0.25) is 0 Å². The molecule has 2 aromatic carbocycles. The summed E-state index contributed by atoms with van der Waals surface area (Å²) in [7, 11) is 4.14. The maximum atomic E-state index is 5.03. The van der Waals surface area contributed by atoms with E-state index in [-0.39, 0.29) is 0 Å². The second-order valence-electron chi connectivity index (χ2n) is 7.96. The van der Waals surface area contributed by atoms with Crippen LogP contribution in [0.4, 0.5) is 11.5 Å². The summed E-state index contributed by atoms with van der Waals surface area (Å²) in [5.41, 5.74) is 8.58. The third-order valence-electron chi connectivity index (χ3n) is 5.57. The summed E-state index contributed by atoms with van der Waals surface area (Å²) >= 11 is 0. The molecule has 4 rings (SSSR count). The molecule has 0 saturated heterocycles. The monoisotopic (exact) mass is 372 g/mol. The van der Waals surface area contributed by atoms with E-state index in [4.69, 9.17) is 9.97 Å². The van der Waals surface area contributed by atoms with Crippen molar-refractivity contribution in [2.75, 3.05) is 30.4 Å². The second-order valence-corrected chi connectivity index (χ2v) is 7.96. The Labute approximate surface area is 167 Å². The standard InChI is InChI=1S/C24H28N4/c1-16-9-11-19(12-10-16)28-14-13-21-20(15-28)24(27(4)5)26-23(25-21)22-17(2)7-6-8-18(22)3/h6-12H,13-15H2,1-5H3. The Bertz CT molecular complexity index is 986. The van der Waals surface area contributed by atoms with Gasteiger partial charge in [0.1, 0.15) is 5.82 Å². The van der Waals surface area contributed by atoms with Crippen LogP contribution in [-0.4, -0.2) is 30.6 Å². The number of fused-ring (bicyclic) bond motifs is 1. The molecule has 3 aromatic rings. The summed E-state index contributed by atoms with van der Waals surface area (Å²) in [6.45, 7) is 8.23. The van der Waals surface area contributed by atoms with Crippen molar-refractivity contribution in [2.45, 2.75) is 33.7 Å². The van der Waals surface area contributed by atoms with Crippen LogP contribution in [0.1, 0.15) is 27.9 Å². The predicted octanol–water partition coefficient (Wildman–Crippen LogP) is 4.70. The fourth-order valence-electron chi connectivity index (χ4n) is 4.02. The highest BCUT2D eigenvalue weighted by Gasteiger charge is 2.24. The van der Waals surface area contributed by atoms with Crippen molar-refractivity contribution in [1.82, 2.24) is 9.97 Å². The maximum absolute atomic E-state index is 5.03. The summed E-state index contributed by atoms with van der Waals surface area (Å²) < 4.78 is 0. The number of rotatable bonds is 3. The molecule has 0 aliphatic carbocycles. The Morgan fingerprint density at radius 1 is 0.893 bits per heavy atom. The molecule has 0 spiro atoms. The molecule has 1 aliphatic rings. The molecule has 0 amide bonds. The van der Waals surface area contributed by atoms with E-state index in [9.17, 15) is 0 Å². The van der Waals surface area contributed by atoms with Crippen LogP contribution in [0.5, 0.6) is 0 Å². The van der Waals surface area contributed by atoms with Gasteiger partial charge >= 0.3 is 0 Å². The van der Waals surface area contributed by atoms with E-state index in [2.05, 4.69) is 87.1 Å². The van der Waals surface area contributed by atoms with Crippen LogP contribution in [0.15, 0.2) is 42.5 Å². The van der Waals surface area contributed by atoms with E-state index in [0.717, 1.165) is 36.7 Å². The number of aryl methyl sites for hydroxylation is 3. The second kappa shape index (κ2) is 7.27. The van der Waals surface area contributed by atoms with Gasteiger partial charge in [-0.3, -0.25) is 0 Å².